The highest BCUT2D eigenvalue weighted by molar-refractivity contribution is 5.02. The normalized spacial score (nSPS) is 18.7. The third-order valence-corrected chi connectivity index (χ3v) is 3.06. The van der Waals surface area contributed by atoms with Crippen molar-refractivity contribution >= 4 is 0 Å². The van der Waals surface area contributed by atoms with Crippen LogP contribution in [0.15, 0.2) is 12.4 Å². The fraction of sp³-hybridized carbons (Fsp3) is 0.727. The average Bonchev–Trinajstić information content (AvgIpc) is 2.68. The van der Waals surface area contributed by atoms with Crippen LogP contribution in [0.4, 0.5) is 0 Å². The van der Waals surface area contributed by atoms with E-state index in [0.29, 0.717) is 5.41 Å². The van der Waals surface area contributed by atoms with Gasteiger partial charge in [0.2, 0.25) is 0 Å². The summed E-state index contributed by atoms with van der Waals surface area (Å²) in [6.07, 6.45) is 5.81. The van der Waals surface area contributed by atoms with E-state index >= 15 is 0 Å². The molecule has 84 valence electrons. The van der Waals surface area contributed by atoms with Gasteiger partial charge < -0.3 is 9.47 Å². The predicted octanol–water partition coefficient (Wildman–Crippen LogP) is 1.40. The van der Waals surface area contributed by atoms with Gasteiger partial charge in [0.1, 0.15) is 0 Å². The van der Waals surface area contributed by atoms with E-state index in [2.05, 4.69) is 17.1 Å². The predicted molar refractivity (Wildman–Crippen MR) is 56.7 cm³/mol. The lowest BCUT2D eigenvalue weighted by Crippen LogP contribution is -2.45. The van der Waals surface area contributed by atoms with Crippen LogP contribution in [-0.2, 0) is 15.9 Å². The van der Waals surface area contributed by atoms with Crippen molar-refractivity contribution in [3.63, 3.8) is 0 Å². The molecule has 0 aliphatic carbocycles. The van der Waals surface area contributed by atoms with Gasteiger partial charge in [0.15, 0.2) is 0 Å². The molecule has 1 aliphatic heterocycles. The second-order valence-electron chi connectivity index (χ2n) is 4.26. The highest BCUT2D eigenvalue weighted by Gasteiger charge is 2.36. The summed E-state index contributed by atoms with van der Waals surface area (Å²) in [4.78, 5) is 0. The van der Waals surface area contributed by atoms with E-state index in [1.807, 2.05) is 12.4 Å². The second-order valence-corrected chi connectivity index (χ2v) is 4.26. The molecule has 1 aromatic rings. The fourth-order valence-electron chi connectivity index (χ4n) is 1.67. The van der Waals surface area contributed by atoms with Gasteiger partial charge in [-0.1, -0.05) is 6.92 Å². The SMILES string of the molecule is CCC1(COCCc2cn[nH]c2)COC1. The minimum absolute atomic E-state index is 0.302. The maximum Gasteiger partial charge on any atom is 0.0566 e. The fourth-order valence-corrected chi connectivity index (χ4v) is 1.67. The lowest BCUT2D eigenvalue weighted by atomic mass is 9.84. The Morgan fingerprint density at radius 2 is 2.47 bits per heavy atom. The van der Waals surface area contributed by atoms with Crippen molar-refractivity contribution in [2.45, 2.75) is 19.8 Å². The van der Waals surface area contributed by atoms with Crippen molar-refractivity contribution in [3.8, 4) is 0 Å². The Kier molecular flexibility index (Phi) is 3.38. The molecule has 0 amide bonds. The van der Waals surface area contributed by atoms with E-state index < -0.39 is 0 Å². The molecule has 1 saturated heterocycles. The highest BCUT2D eigenvalue weighted by Crippen LogP contribution is 2.31. The monoisotopic (exact) mass is 210 g/mol. The molecule has 0 spiro atoms. The molecule has 0 saturated carbocycles. The summed E-state index contributed by atoms with van der Waals surface area (Å²) in [5.41, 5.74) is 1.50. The zero-order valence-electron chi connectivity index (χ0n) is 9.16. The largest absolute Gasteiger partial charge is 0.380 e. The number of aromatic amines is 1. The molecule has 0 atom stereocenters. The van der Waals surface area contributed by atoms with Crippen molar-refractivity contribution in [2.75, 3.05) is 26.4 Å². The standard InChI is InChI=1S/C11H18N2O2/c1-2-11(8-15-9-11)7-14-4-3-10-5-12-13-6-10/h5-6H,2-4,7-9H2,1H3,(H,12,13). The zero-order chi connectivity index (χ0) is 10.6. The van der Waals surface area contributed by atoms with Gasteiger partial charge in [-0.2, -0.15) is 5.10 Å². The molecule has 4 heteroatoms. The van der Waals surface area contributed by atoms with Crippen molar-refractivity contribution < 1.29 is 9.47 Å². The summed E-state index contributed by atoms with van der Waals surface area (Å²) in [6.45, 7) is 5.50. The first-order valence-corrected chi connectivity index (χ1v) is 5.48. The maximum atomic E-state index is 5.68. The van der Waals surface area contributed by atoms with Gasteiger partial charge in [0.25, 0.3) is 0 Å². The summed E-state index contributed by atoms with van der Waals surface area (Å²) in [6, 6.07) is 0. The van der Waals surface area contributed by atoms with Crippen LogP contribution < -0.4 is 0 Å². The van der Waals surface area contributed by atoms with Gasteiger partial charge in [0, 0.05) is 11.6 Å². The summed E-state index contributed by atoms with van der Waals surface area (Å²) in [5.74, 6) is 0. The maximum absolute atomic E-state index is 5.68. The number of H-pyrrole nitrogens is 1. The third kappa shape index (κ3) is 2.58. The zero-order valence-corrected chi connectivity index (χ0v) is 9.16. The van der Waals surface area contributed by atoms with Crippen LogP contribution in [0.3, 0.4) is 0 Å². The second kappa shape index (κ2) is 4.77. The Labute approximate surface area is 90.0 Å². The molecular weight excluding hydrogens is 192 g/mol. The molecule has 0 aromatic carbocycles. The average molecular weight is 210 g/mol. The van der Waals surface area contributed by atoms with E-state index in [-0.39, 0.29) is 0 Å². The van der Waals surface area contributed by atoms with Gasteiger partial charge in [-0.15, -0.1) is 0 Å². The van der Waals surface area contributed by atoms with Crippen LogP contribution in [0.2, 0.25) is 0 Å². The smallest absolute Gasteiger partial charge is 0.0566 e. The highest BCUT2D eigenvalue weighted by atomic mass is 16.5. The van der Waals surface area contributed by atoms with Gasteiger partial charge in [0.05, 0.1) is 32.6 Å². The molecule has 1 aliphatic rings. The number of nitrogens with zero attached hydrogens (tertiary/aromatic N) is 1. The molecule has 1 aromatic heterocycles. The Morgan fingerprint density at radius 3 is 3.00 bits per heavy atom. The first kappa shape index (κ1) is 10.6. The van der Waals surface area contributed by atoms with E-state index in [1.54, 1.807) is 0 Å². The lowest BCUT2D eigenvalue weighted by molar-refractivity contribution is -0.149. The quantitative estimate of drug-likeness (QED) is 0.722. The molecule has 2 heterocycles. The molecule has 0 bridgehead atoms. The molecule has 1 fully saturated rings. The van der Waals surface area contributed by atoms with E-state index in [4.69, 9.17) is 9.47 Å². The Balaban J connectivity index is 1.62. The molecule has 4 nitrogen and oxygen atoms in total. The van der Waals surface area contributed by atoms with Crippen molar-refractivity contribution in [2.24, 2.45) is 5.41 Å². The third-order valence-electron chi connectivity index (χ3n) is 3.06. The van der Waals surface area contributed by atoms with Gasteiger partial charge in [-0.3, -0.25) is 5.10 Å². The van der Waals surface area contributed by atoms with Crippen LogP contribution in [0, 0.1) is 5.41 Å². The molecule has 2 rings (SSSR count). The Hall–Kier alpha value is -0.870. The number of hydrogen-bond donors (Lipinski definition) is 1. The van der Waals surface area contributed by atoms with E-state index in [0.717, 1.165) is 39.3 Å². The van der Waals surface area contributed by atoms with Gasteiger partial charge in [-0.25, -0.2) is 0 Å². The van der Waals surface area contributed by atoms with Crippen LogP contribution in [0.25, 0.3) is 0 Å². The van der Waals surface area contributed by atoms with Crippen molar-refractivity contribution in [1.82, 2.24) is 10.2 Å². The summed E-state index contributed by atoms with van der Waals surface area (Å²) >= 11 is 0. The van der Waals surface area contributed by atoms with Gasteiger partial charge >= 0.3 is 0 Å². The molecular formula is C11H18N2O2. The molecule has 0 unspecified atom stereocenters. The Bertz CT molecular complexity index is 275. The lowest BCUT2D eigenvalue weighted by Gasteiger charge is -2.40. The summed E-state index contributed by atoms with van der Waals surface area (Å²) in [7, 11) is 0. The summed E-state index contributed by atoms with van der Waals surface area (Å²) in [5, 5.41) is 6.69. The van der Waals surface area contributed by atoms with Crippen LogP contribution in [0.5, 0.6) is 0 Å². The Morgan fingerprint density at radius 1 is 1.60 bits per heavy atom. The number of nitrogens with one attached hydrogen (secondary N) is 1. The van der Waals surface area contributed by atoms with Gasteiger partial charge in [-0.05, 0) is 18.4 Å². The topological polar surface area (TPSA) is 47.1 Å². The number of rotatable bonds is 6. The van der Waals surface area contributed by atoms with Crippen LogP contribution in [0.1, 0.15) is 18.9 Å². The van der Waals surface area contributed by atoms with Crippen LogP contribution >= 0.6 is 0 Å². The molecule has 15 heavy (non-hydrogen) atoms. The van der Waals surface area contributed by atoms with Crippen molar-refractivity contribution in [1.29, 1.82) is 0 Å². The number of hydrogen-bond acceptors (Lipinski definition) is 3. The van der Waals surface area contributed by atoms with E-state index in [1.165, 1.54) is 5.56 Å². The number of ether oxygens (including phenoxy) is 2. The molecule has 0 radical (unpaired) electrons. The first-order valence-electron chi connectivity index (χ1n) is 5.48. The van der Waals surface area contributed by atoms with Crippen LogP contribution in [-0.4, -0.2) is 36.6 Å². The first-order chi connectivity index (χ1) is 7.35. The van der Waals surface area contributed by atoms with Crippen molar-refractivity contribution in [3.05, 3.63) is 18.0 Å². The minimum Gasteiger partial charge on any atom is -0.380 e. The van der Waals surface area contributed by atoms with E-state index in [9.17, 15) is 0 Å². The molecule has 1 N–H and O–H groups in total. The minimum atomic E-state index is 0.302. The summed E-state index contributed by atoms with van der Waals surface area (Å²) < 4.78 is 10.9. The number of aromatic nitrogens is 2.